The van der Waals surface area contributed by atoms with Crippen LogP contribution in [0.3, 0.4) is 0 Å². The van der Waals surface area contributed by atoms with Gasteiger partial charge in [-0.2, -0.15) is 0 Å². The second-order valence-corrected chi connectivity index (χ2v) is 5.89. The van der Waals surface area contributed by atoms with Gasteiger partial charge in [0.05, 0.1) is 18.4 Å². The van der Waals surface area contributed by atoms with Crippen LogP contribution in [-0.2, 0) is 22.4 Å². The summed E-state index contributed by atoms with van der Waals surface area (Å²) in [5.41, 5.74) is 2.69. The molecule has 3 rings (SSSR count). The van der Waals surface area contributed by atoms with E-state index in [0.717, 1.165) is 17.7 Å². The Morgan fingerprint density at radius 1 is 1.28 bits per heavy atom. The largest absolute Gasteiger partial charge is 0.481 e. The van der Waals surface area contributed by atoms with Gasteiger partial charge < -0.3 is 19.7 Å². The van der Waals surface area contributed by atoms with Crippen molar-refractivity contribution in [3.8, 4) is 0 Å². The second kappa shape index (κ2) is 6.80. The molecule has 0 saturated carbocycles. The van der Waals surface area contributed by atoms with E-state index in [-0.39, 0.29) is 30.2 Å². The zero-order valence-corrected chi connectivity index (χ0v) is 13.7. The van der Waals surface area contributed by atoms with E-state index in [0.29, 0.717) is 12.1 Å². The zero-order valence-electron chi connectivity index (χ0n) is 13.7. The number of carbonyl (C=O) groups is 3. The smallest absolute Gasteiger partial charge is 0.311 e. The third-order valence-corrected chi connectivity index (χ3v) is 4.18. The minimum atomic E-state index is -1.09. The number of carbonyl (C=O) groups excluding carboxylic acids is 2. The molecule has 7 nitrogen and oxygen atoms in total. The first-order valence-corrected chi connectivity index (χ1v) is 7.92. The van der Waals surface area contributed by atoms with E-state index < -0.39 is 11.9 Å². The second-order valence-electron chi connectivity index (χ2n) is 5.89. The van der Waals surface area contributed by atoms with Crippen LogP contribution < -0.4 is 10.2 Å². The van der Waals surface area contributed by atoms with E-state index in [1.165, 1.54) is 6.26 Å². The van der Waals surface area contributed by atoms with Crippen LogP contribution >= 0.6 is 0 Å². The number of nitrogens with zero attached hydrogens (tertiary/aromatic N) is 1. The van der Waals surface area contributed by atoms with Gasteiger partial charge in [-0.1, -0.05) is 18.2 Å². The van der Waals surface area contributed by atoms with Gasteiger partial charge in [-0.3, -0.25) is 14.4 Å². The quantitative estimate of drug-likeness (QED) is 0.858. The maximum Gasteiger partial charge on any atom is 0.311 e. The molecular weight excluding hydrogens is 324 g/mol. The van der Waals surface area contributed by atoms with Crippen molar-refractivity contribution in [1.82, 2.24) is 5.32 Å². The summed E-state index contributed by atoms with van der Waals surface area (Å²) in [5, 5.41) is 11.4. The molecule has 0 radical (unpaired) electrons. The molecular formula is C18H18N2O5. The highest BCUT2D eigenvalue weighted by Crippen LogP contribution is 2.27. The molecule has 0 saturated heterocycles. The van der Waals surface area contributed by atoms with E-state index in [9.17, 15) is 14.4 Å². The Bertz CT molecular complexity index is 840. The molecule has 0 aliphatic carbocycles. The Morgan fingerprint density at radius 3 is 2.80 bits per heavy atom. The highest BCUT2D eigenvalue weighted by molar-refractivity contribution is 6.02. The first-order valence-electron chi connectivity index (χ1n) is 7.92. The lowest BCUT2D eigenvalue weighted by molar-refractivity contribution is -0.136. The van der Waals surface area contributed by atoms with Crippen LogP contribution in [0.25, 0.3) is 0 Å². The molecule has 1 aromatic carbocycles. The molecule has 1 aliphatic rings. The van der Waals surface area contributed by atoms with E-state index in [1.54, 1.807) is 11.8 Å². The lowest BCUT2D eigenvalue weighted by atomic mass is 10.1. The number of benzene rings is 1. The summed E-state index contributed by atoms with van der Waals surface area (Å²) >= 11 is 0. The van der Waals surface area contributed by atoms with Crippen LogP contribution in [0.5, 0.6) is 0 Å². The van der Waals surface area contributed by atoms with Crippen LogP contribution in [0.4, 0.5) is 5.69 Å². The van der Waals surface area contributed by atoms with Crippen molar-refractivity contribution in [2.45, 2.75) is 19.8 Å². The van der Waals surface area contributed by atoms with Crippen LogP contribution in [0.15, 0.2) is 34.9 Å². The summed E-state index contributed by atoms with van der Waals surface area (Å²) < 4.78 is 5.14. The fourth-order valence-electron chi connectivity index (χ4n) is 3.01. The number of hydrogen-bond donors (Lipinski definition) is 2. The minimum absolute atomic E-state index is 0.0847. The molecule has 2 amide bonds. The van der Waals surface area contributed by atoms with Gasteiger partial charge in [0.1, 0.15) is 12.2 Å². The summed E-state index contributed by atoms with van der Waals surface area (Å²) in [4.78, 5) is 37.3. The third-order valence-electron chi connectivity index (χ3n) is 4.18. The number of aryl methyl sites for hydroxylation is 1. The molecule has 0 spiro atoms. The molecule has 0 atom stereocenters. The molecule has 0 bridgehead atoms. The molecule has 0 fully saturated rings. The van der Waals surface area contributed by atoms with Crippen LogP contribution in [0.1, 0.15) is 27.2 Å². The van der Waals surface area contributed by atoms with Crippen molar-refractivity contribution < 1.29 is 23.9 Å². The molecule has 2 heterocycles. The molecule has 130 valence electrons. The maximum atomic E-state index is 12.4. The number of carboxylic acids is 1. The molecule has 1 aliphatic heterocycles. The number of anilines is 1. The molecule has 1 aromatic heterocycles. The Balaban J connectivity index is 1.66. The average Bonchev–Trinajstić information content (AvgIpc) is 3.16. The number of aliphatic carboxylic acids is 1. The van der Waals surface area contributed by atoms with E-state index in [2.05, 4.69) is 5.32 Å². The fraction of sp³-hybridized carbons (Fsp3) is 0.278. The Labute approximate surface area is 144 Å². The van der Waals surface area contributed by atoms with Crippen molar-refractivity contribution in [2.75, 3.05) is 18.0 Å². The zero-order chi connectivity index (χ0) is 18.0. The molecule has 0 unspecified atom stereocenters. The van der Waals surface area contributed by atoms with Crippen LogP contribution in [0, 0.1) is 6.92 Å². The summed E-state index contributed by atoms with van der Waals surface area (Å²) in [6.07, 6.45) is 1.75. The summed E-state index contributed by atoms with van der Waals surface area (Å²) in [6, 6.07) is 7.66. The van der Waals surface area contributed by atoms with Gasteiger partial charge >= 0.3 is 5.97 Å². The van der Waals surface area contributed by atoms with Gasteiger partial charge in [-0.25, -0.2) is 0 Å². The van der Waals surface area contributed by atoms with Crippen LogP contribution in [-0.4, -0.2) is 36.0 Å². The Hall–Kier alpha value is -3.09. The molecule has 7 heteroatoms. The number of rotatable bonds is 5. The molecule has 2 aromatic rings. The summed E-state index contributed by atoms with van der Waals surface area (Å²) in [6.45, 7) is 2.08. The van der Waals surface area contributed by atoms with Gasteiger partial charge in [-0.05, 0) is 25.0 Å². The third kappa shape index (κ3) is 3.40. The maximum absolute atomic E-state index is 12.4. The topological polar surface area (TPSA) is 99.8 Å². The first kappa shape index (κ1) is 16.8. The van der Waals surface area contributed by atoms with Crippen molar-refractivity contribution in [3.63, 3.8) is 0 Å². The number of furan rings is 1. The van der Waals surface area contributed by atoms with Crippen molar-refractivity contribution >= 4 is 23.5 Å². The monoisotopic (exact) mass is 342 g/mol. The van der Waals surface area contributed by atoms with E-state index in [4.69, 9.17) is 9.52 Å². The normalized spacial score (nSPS) is 12.8. The summed E-state index contributed by atoms with van der Waals surface area (Å²) in [7, 11) is 0. The van der Waals surface area contributed by atoms with Gasteiger partial charge in [0, 0.05) is 17.8 Å². The highest BCUT2D eigenvalue weighted by Gasteiger charge is 2.25. The van der Waals surface area contributed by atoms with Gasteiger partial charge in [-0.15, -0.1) is 0 Å². The van der Waals surface area contributed by atoms with Crippen molar-refractivity contribution in [2.24, 2.45) is 0 Å². The van der Waals surface area contributed by atoms with E-state index in [1.807, 2.05) is 24.3 Å². The number of amides is 2. The predicted octanol–water partition coefficient (Wildman–Crippen LogP) is 1.53. The summed E-state index contributed by atoms with van der Waals surface area (Å²) in [5.74, 6) is -1.72. The SMILES string of the molecule is Cc1coc(CC(=O)O)c1C(=O)NCC(=O)N1CCc2ccccc21. The number of hydrogen-bond acceptors (Lipinski definition) is 4. The van der Waals surface area contributed by atoms with Crippen molar-refractivity contribution in [1.29, 1.82) is 0 Å². The fourth-order valence-corrected chi connectivity index (χ4v) is 3.01. The number of para-hydroxylation sites is 1. The standard InChI is InChI=1S/C18H18N2O5/c1-11-10-25-14(8-16(22)23)17(11)18(24)19-9-15(21)20-7-6-12-4-2-3-5-13(12)20/h2-5,10H,6-9H2,1H3,(H,19,24)(H,22,23). The number of nitrogens with one attached hydrogen (secondary N) is 1. The number of fused-ring (bicyclic) bond motifs is 1. The van der Waals surface area contributed by atoms with E-state index >= 15 is 0 Å². The molecule has 25 heavy (non-hydrogen) atoms. The minimum Gasteiger partial charge on any atom is -0.481 e. The van der Waals surface area contributed by atoms with Crippen LogP contribution in [0.2, 0.25) is 0 Å². The Morgan fingerprint density at radius 2 is 2.04 bits per heavy atom. The predicted molar refractivity (Wildman–Crippen MR) is 89.6 cm³/mol. The first-order chi connectivity index (χ1) is 12.0. The Kier molecular flexibility index (Phi) is 4.56. The number of carboxylic acid groups (broad SMARTS) is 1. The van der Waals surface area contributed by atoms with Crippen molar-refractivity contribution in [3.05, 3.63) is 53.0 Å². The highest BCUT2D eigenvalue weighted by atomic mass is 16.4. The average molecular weight is 342 g/mol. The van der Waals surface area contributed by atoms with Gasteiger partial charge in [0.2, 0.25) is 5.91 Å². The lowest BCUT2D eigenvalue weighted by Crippen LogP contribution is -2.39. The lowest BCUT2D eigenvalue weighted by Gasteiger charge is -2.17. The van der Waals surface area contributed by atoms with Gasteiger partial charge in [0.15, 0.2) is 0 Å². The molecule has 2 N–H and O–H groups in total. The van der Waals surface area contributed by atoms with Gasteiger partial charge in [0.25, 0.3) is 5.91 Å².